The minimum absolute atomic E-state index is 0.139. The van der Waals surface area contributed by atoms with Crippen molar-refractivity contribution in [2.75, 3.05) is 38.1 Å². The van der Waals surface area contributed by atoms with Crippen molar-refractivity contribution in [2.45, 2.75) is 13.0 Å². The average Bonchev–Trinajstić information content (AvgIpc) is 2.30. The van der Waals surface area contributed by atoms with Crippen LogP contribution in [0.4, 0.5) is 10.1 Å². The van der Waals surface area contributed by atoms with Gasteiger partial charge in [-0.05, 0) is 37.7 Å². The largest absolute Gasteiger partial charge is 0.369 e. The van der Waals surface area contributed by atoms with Crippen molar-refractivity contribution < 1.29 is 4.39 Å². The summed E-state index contributed by atoms with van der Waals surface area (Å²) in [5, 5.41) is 0. The van der Waals surface area contributed by atoms with Crippen LogP contribution in [0.3, 0.4) is 0 Å². The third-order valence-corrected chi connectivity index (χ3v) is 3.32. The highest BCUT2D eigenvalue weighted by atomic mass is 19.1. The zero-order valence-electron chi connectivity index (χ0n) is 10.5. The molecule has 3 nitrogen and oxygen atoms in total. The lowest BCUT2D eigenvalue weighted by atomic mass is 10.0. The predicted octanol–water partition coefficient (Wildman–Crippen LogP) is 1.60. The number of benzene rings is 1. The van der Waals surface area contributed by atoms with Crippen molar-refractivity contribution in [3.05, 3.63) is 29.6 Å². The normalized spacial score (nSPS) is 19.4. The third-order valence-electron chi connectivity index (χ3n) is 3.32. The van der Waals surface area contributed by atoms with E-state index in [1.54, 1.807) is 6.07 Å². The molecule has 2 N–H and O–H groups in total. The summed E-state index contributed by atoms with van der Waals surface area (Å²) in [5.41, 5.74) is 7.89. The monoisotopic (exact) mass is 237 g/mol. The first-order valence-electron chi connectivity index (χ1n) is 6.06. The minimum Gasteiger partial charge on any atom is -0.369 e. The molecule has 0 saturated carbocycles. The quantitative estimate of drug-likeness (QED) is 0.848. The van der Waals surface area contributed by atoms with Gasteiger partial charge in [-0.2, -0.15) is 0 Å². The number of likely N-dealkylation sites (N-methyl/N-ethyl adjacent to an activating group) is 1. The fourth-order valence-corrected chi connectivity index (χ4v) is 2.23. The summed E-state index contributed by atoms with van der Waals surface area (Å²) in [6.07, 6.45) is 0. The number of anilines is 1. The molecule has 1 atom stereocenters. The first-order chi connectivity index (χ1) is 8.08. The first kappa shape index (κ1) is 12.3. The minimum atomic E-state index is -0.213. The van der Waals surface area contributed by atoms with E-state index in [4.69, 9.17) is 5.73 Å². The molecule has 1 fully saturated rings. The van der Waals surface area contributed by atoms with Gasteiger partial charge >= 0.3 is 0 Å². The fourth-order valence-electron chi connectivity index (χ4n) is 2.23. The molecule has 4 heteroatoms. The van der Waals surface area contributed by atoms with Crippen molar-refractivity contribution in [1.29, 1.82) is 0 Å². The SMILES string of the molecule is C[C@@H](N)c1cc(F)ccc1N1CCN(C)CC1. The summed E-state index contributed by atoms with van der Waals surface area (Å²) in [4.78, 5) is 4.59. The summed E-state index contributed by atoms with van der Waals surface area (Å²) in [7, 11) is 2.12. The summed E-state index contributed by atoms with van der Waals surface area (Å²) in [6.45, 7) is 5.92. The van der Waals surface area contributed by atoms with Crippen LogP contribution in [-0.4, -0.2) is 38.1 Å². The van der Waals surface area contributed by atoms with Crippen molar-refractivity contribution >= 4 is 5.69 Å². The number of rotatable bonds is 2. The van der Waals surface area contributed by atoms with Crippen LogP contribution in [-0.2, 0) is 0 Å². The fraction of sp³-hybridized carbons (Fsp3) is 0.538. The first-order valence-corrected chi connectivity index (χ1v) is 6.06. The summed E-state index contributed by atoms with van der Waals surface area (Å²) >= 11 is 0. The van der Waals surface area contributed by atoms with Gasteiger partial charge in [0.05, 0.1) is 0 Å². The van der Waals surface area contributed by atoms with Crippen LogP contribution < -0.4 is 10.6 Å². The lowest BCUT2D eigenvalue weighted by molar-refractivity contribution is 0.312. The molecule has 0 aromatic heterocycles. The zero-order chi connectivity index (χ0) is 12.4. The van der Waals surface area contributed by atoms with Gasteiger partial charge in [0.1, 0.15) is 5.82 Å². The Morgan fingerprint density at radius 3 is 2.47 bits per heavy atom. The van der Waals surface area contributed by atoms with Gasteiger partial charge in [-0.15, -0.1) is 0 Å². The van der Waals surface area contributed by atoms with E-state index in [1.807, 2.05) is 13.0 Å². The van der Waals surface area contributed by atoms with Gasteiger partial charge in [-0.25, -0.2) is 4.39 Å². The number of nitrogens with zero attached hydrogens (tertiary/aromatic N) is 2. The van der Waals surface area contributed by atoms with E-state index >= 15 is 0 Å². The van der Waals surface area contributed by atoms with E-state index in [2.05, 4.69) is 16.8 Å². The molecule has 0 radical (unpaired) electrons. The number of hydrogen-bond donors (Lipinski definition) is 1. The van der Waals surface area contributed by atoms with Crippen LogP contribution in [0.15, 0.2) is 18.2 Å². The van der Waals surface area contributed by atoms with E-state index in [-0.39, 0.29) is 11.9 Å². The standard InChI is InChI=1S/C13H20FN3/c1-10(15)12-9-11(14)3-4-13(12)17-7-5-16(2)6-8-17/h3-4,9-10H,5-8,15H2,1-2H3/t10-/m1/s1. The molecule has 94 valence electrons. The molecular weight excluding hydrogens is 217 g/mol. The number of hydrogen-bond acceptors (Lipinski definition) is 3. The summed E-state index contributed by atoms with van der Waals surface area (Å²) in [6, 6.07) is 4.78. The smallest absolute Gasteiger partial charge is 0.123 e. The molecule has 1 aliphatic rings. The van der Waals surface area contributed by atoms with Gasteiger partial charge in [0.2, 0.25) is 0 Å². The topological polar surface area (TPSA) is 32.5 Å². The predicted molar refractivity (Wildman–Crippen MR) is 68.7 cm³/mol. The van der Waals surface area contributed by atoms with Crippen LogP contribution in [0.1, 0.15) is 18.5 Å². The highest BCUT2D eigenvalue weighted by Gasteiger charge is 2.18. The van der Waals surface area contributed by atoms with Gasteiger partial charge in [0, 0.05) is 37.9 Å². The third kappa shape index (κ3) is 2.76. The van der Waals surface area contributed by atoms with Gasteiger partial charge in [0.25, 0.3) is 0 Å². The molecule has 0 amide bonds. The van der Waals surface area contributed by atoms with Gasteiger partial charge in [0.15, 0.2) is 0 Å². The second-order valence-corrected chi connectivity index (χ2v) is 4.78. The molecule has 17 heavy (non-hydrogen) atoms. The van der Waals surface area contributed by atoms with E-state index in [1.165, 1.54) is 6.07 Å². The highest BCUT2D eigenvalue weighted by molar-refractivity contribution is 5.55. The second-order valence-electron chi connectivity index (χ2n) is 4.78. The number of piperazine rings is 1. The molecule has 1 aromatic carbocycles. The molecule has 1 heterocycles. The molecule has 0 spiro atoms. The maximum absolute atomic E-state index is 13.3. The lowest BCUT2D eigenvalue weighted by Crippen LogP contribution is -2.45. The summed E-state index contributed by atoms with van der Waals surface area (Å²) in [5.74, 6) is -0.213. The van der Waals surface area contributed by atoms with E-state index in [9.17, 15) is 4.39 Å². The van der Waals surface area contributed by atoms with E-state index < -0.39 is 0 Å². The second kappa shape index (κ2) is 5.02. The maximum Gasteiger partial charge on any atom is 0.123 e. The Hall–Kier alpha value is -1.13. The molecule has 0 unspecified atom stereocenters. The van der Waals surface area contributed by atoms with E-state index in [0.29, 0.717) is 0 Å². The average molecular weight is 237 g/mol. The molecule has 2 rings (SSSR count). The molecule has 0 bridgehead atoms. The Labute approximate surface area is 102 Å². The van der Waals surface area contributed by atoms with Crippen molar-refractivity contribution in [1.82, 2.24) is 4.90 Å². The van der Waals surface area contributed by atoms with E-state index in [0.717, 1.165) is 37.4 Å². The van der Waals surface area contributed by atoms with Crippen molar-refractivity contribution in [2.24, 2.45) is 5.73 Å². The Bertz CT molecular complexity index is 384. The molecule has 1 aromatic rings. The molecular formula is C13H20FN3. The Balaban J connectivity index is 2.25. The van der Waals surface area contributed by atoms with Crippen LogP contribution >= 0.6 is 0 Å². The van der Waals surface area contributed by atoms with Crippen LogP contribution in [0.5, 0.6) is 0 Å². The van der Waals surface area contributed by atoms with Gasteiger partial charge < -0.3 is 15.5 Å². The highest BCUT2D eigenvalue weighted by Crippen LogP contribution is 2.26. The Morgan fingerprint density at radius 2 is 1.88 bits per heavy atom. The Kier molecular flexibility index (Phi) is 3.64. The van der Waals surface area contributed by atoms with Crippen molar-refractivity contribution in [3.8, 4) is 0 Å². The summed E-state index contributed by atoms with van der Waals surface area (Å²) < 4.78 is 13.3. The number of nitrogens with two attached hydrogens (primary N) is 1. The molecule has 1 saturated heterocycles. The molecule has 0 aliphatic carbocycles. The lowest BCUT2D eigenvalue weighted by Gasteiger charge is -2.35. The van der Waals surface area contributed by atoms with Gasteiger partial charge in [-0.3, -0.25) is 0 Å². The van der Waals surface area contributed by atoms with Crippen LogP contribution in [0.2, 0.25) is 0 Å². The van der Waals surface area contributed by atoms with Crippen LogP contribution in [0, 0.1) is 5.82 Å². The van der Waals surface area contributed by atoms with Gasteiger partial charge in [-0.1, -0.05) is 0 Å². The maximum atomic E-state index is 13.3. The van der Waals surface area contributed by atoms with Crippen LogP contribution in [0.25, 0.3) is 0 Å². The zero-order valence-corrected chi connectivity index (χ0v) is 10.5. The van der Waals surface area contributed by atoms with Crippen molar-refractivity contribution in [3.63, 3.8) is 0 Å². The molecule has 1 aliphatic heterocycles. The number of halogens is 1. The Morgan fingerprint density at radius 1 is 1.24 bits per heavy atom.